The molecule has 1 unspecified atom stereocenters. The highest BCUT2D eigenvalue weighted by atomic mass is 16.2. The van der Waals surface area contributed by atoms with Crippen LogP contribution in [-0.4, -0.2) is 23.8 Å². The van der Waals surface area contributed by atoms with E-state index in [0.29, 0.717) is 11.1 Å². The van der Waals surface area contributed by atoms with Crippen molar-refractivity contribution in [2.45, 2.75) is 13.0 Å². The number of hydrogen-bond donors (Lipinski definition) is 1. The summed E-state index contributed by atoms with van der Waals surface area (Å²) in [7, 11) is 1.77. The second kappa shape index (κ2) is 6.22. The second-order valence-corrected chi connectivity index (χ2v) is 4.94. The average Bonchev–Trinajstić information content (AvgIpc) is 2.53. The van der Waals surface area contributed by atoms with Gasteiger partial charge < -0.3 is 10.6 Å². The quantitative estimate of drug-likeness (QED) is 0.937. The summed E-state index contributed by atoms with van der Waals surface area (Å²) in [6, 6.07) is 16.2. The Morgan fingerprint density at radius 1 is 0.952 bits per heavy atom. The molecule has 0 aliphatic heterocycles. The van der Waals surface area contributed by atoms with Crippen molar-refractivity contribution in [2.24, 2.45) is 5.73 Å². The van der Waals surface area contributed by atoms with Crippen LogP contribution in [0, 0.1) is 0 Å². The molecule has 4 heteroatoms. The highest BCUT2D eigenvalue weighted by Crippen LogP contribution is 2.20. The smallest absolute Gasteiger partial charge is 0.254 e. The lowest BCUT2D eigenvalue weighted by Crippen LogP contribution is -2.29. The monoisotopic (exact) mass is 282 g/mol. The first-order chi connectivity index (χ1) is 10.0. The van der Waals surface area contributed by atoms with Crippen molar-refractivity contribution >= 4 is 11.8 Å². The van der Waals surface area contributed by atoms with Crippen molar-refractivity contribution in [1.29, 1.82) is 0 Å². The van der Waals surface area contributed by atoms with Crippen LogP contribution in [-0.2, 0) is 0 Å². The fourth-order valence-corrected chi connectivity index (χ4v) is 2.11. The molecule has 0 fully saturated rings. The summed E-state index contributed by atoms with van der Waals surface area (Å²) in [5, 5.41) is 0. The van der Waals surface area contributed by atoms with Crippen molar-refractivity contribution in [3.05, 3.63) is 71.3 Å². The highest BCUT2D eigenvalue weighted by Gasteiger charge is 2.18. The van der Waals surface area contributed by atoms with Crippen LogP contribution in [0.5, 0.6) is 0 Å². The van der Waals surface area contributed by atoms with Gasteiger partial charge in [0, 0.05) is 18.2 Å². The third kappa shape index (κ3) is 3.28. The first-order valence-corrected chi connectivity index (χ1v) is 6.72. The molecule has 0 aliphatic rings. The average molecular weight is 282 g/mol. The minimum absolute atomic E-state index is 0.0329. The molecule has 2 rings (SSSR count). The van der Waals surface area contributed by atoms with Gasteiger partial charge in [0.1, 0.15) is 0 Å². The molecule has 0 aromatic heterocycles. The molecule has 4 nitrogen and oxygen atoms in total. The Bertz CT molecular complexity index is 636. The van der Waals surface area contributed by atoms with E-state index in [1.165, 1.54) is 0 Å². The third-order valence-electron chi connectivity index (χ3n) is 3.60. The molecule has 0 radical (unpaired) electrons. The Hall–Kier alpha value is -2.62. The van der Waals surface area contributed by atoms with Gasteiger partial charge in [0.05, 0.1) is 6.04 Å². The van der Waals surface area contributed by atoms with Gasteiger partial charge >= 0.3 is 0 Å². The van der Waals surface area contributed by atoms with Gasteiger partial charge in [-0.25, -0.2) is 0 Å². The zero-order chi connectivity index (χ0) is 15.4. The third-order valence-corrected chi connectivity index (χ3v) is 3.60. The molecule has 0 saturated carbocycles. The Balaban J connectivity index is 2.17. The van der Waals surface area contributed by atoms with Crippen molar-refractivity contribution in [1.82, 2.24) is 4.90 Å². The van der Waals surface area contributed by atoms with Gasteiger partial charge in [-0.3, -0.25) is 9.59 Å². The Morgan fingerprint density at radius 3 is 2.00 bits per heavy atom. The minimum Gasteiger partial charge on any atom is -0.366 e. The highest BCUT2D eigenvalue weighted by molar-refractivity contribution is 5.97. The normalized spacial score (nSPS) is 11.7. The van der Waals surface area contributed by atoms with Crippen LogP contribution in [0.3, 0.4) is 0 Å². The Labute approximate surface area is 124 Å². The van der Waals surface area contributed by atoms with E-state index in [1.807, 2.05) is 37.3 Å². The molecular weight excluding hydrogens is 264 g/mol. The van der Waals surface area contributed by atoms with E-state index < -0.39 is 5.91 Å². The SMILES string of the molecule is CC(c1ccccc1)N(C)C(=O)c1ccc(C(N)=O)cc1. The van der Waals surface area contributed by atoms with Gasteiger partial charge in [-0.05, 0) is 36.8 Å². The van der Waals surface area contributed by atoms with Crippen LogP contribution in [0.4, 0.5) is 0 Å². The number of primary amides is 1. The molecule has 2 amide bonds. The van der Waals surface area contributed by atoms with E-state index in [1.54, 1.807) is 36.2 Å². The van der Waals surface area contributed by atoms with Crippen molar-refractivity contribution in [2.75, 3.05) is 7.05 Å². The van der Waals surface area contributed by atoms with Gasteiger partial charge in [-0.2, -0.15) is 0 Å². The summed E-state index contributed by atoms with van der Waals surface area (Å²) in [6.45, 7) is 1.98. The number of carbonyl (C=O) groups is 2. The molecule has 0 saturated heterocycles. The van der Waals surface area contributed by atoms with Crippen molar-refractivity contribution < 1.29 is 9.59 Å². The van der Waals surface area contributed by atoms with Crippen molar-refractivity contribution in [3.63, 3.8) is 0 Å². The number of amides is 2. The number of benzene rings is 2. The number of nitrogens with two attached hydrogens (primary N) is 1. The Kier molecular flexibility index (Phi) is 4.38. The number of carbonyl (C=O) groups excluding carboxylic acids is 2. The fraction of sp³-hybridized carbons (Fsp3) is 0.176. The maximum absolute atomic E-state index is 12.5. The van der Waals surface area contributed by atoms with Crippen LogP contribution in [0.25, 0.3) is 0 Å². The Morgan fingerprint density at radius 2 is 1.48 bits per heavy atom. The summed E-state index contributed by atoms with van der Waals surface area (Å²) in [5.41, 5.74) is 7.19. The molecule has 0 aliphatic carbocycles. The van der Waals surface area contributed by atoms with E-state index in [0.717, 1.165) is 5.56 Å². The number of hydrogen-bond acceptors (Lipinski definition) is 2. The summed E-state index contributed by atoms with van der Waals surface area (Å²) in [4.78, 5) is 25.2. The predicted molar refractivity (Wildman–Crippen MR) is 81.9 cm³/mol. The van der Waals surface area contributed by atoms with E-state index in [9.17, 15) is 9.59 Å². The van der Waals surface area contributed by atoms with Crippen LogP contribution in [0.2, 0.25) is 0 Å². The van der Waals surface area contributed by atoms with E-state index >= 15 is 0 Å². The standard InChI is InChI=1S/C17H18N2O2/c1-12(13-6-4-3-5-7-13)19(2)17(21)15-10-8-14(9-11-15)16(18)20/h3-12H,1-2H3,(H2,18,20). The minimum atomic E-state index is -0.500. The van der Waals surface area contributed by atoms with Gasteiger partial charge in [0.25, 0.3) is 5.91 Å². The van der Waals surface area contributed by atoms with E-state index in [-0.39, 0.29) is 11.9 Å². The molecule has 0 heterocycles. The van der Waals surface area contributed by atoms with Gasteiger partial charge in [-0.15, -0.1) is 0 Å². The van der Waals surface area contributed by atoms with Crippen LogP contribution in [0.15, 0.2) is 54.6 Å². The zero-order valence-electron chi connectivity index (χ0n) is 12.1. The van der Waals surface area contributed by atoms with Crippen LogP contribution in [0.1, 0.15) is 39.2 Å². The number of nitrogens with zero attached hydrogens (tertiary/aromatic N) is 1. The van der Waals surface area contributed by atoms with Gasteiger partial charge in [0.15, 0.2) is 0 Å². The van der Waals surface area contributed by atoms with Crippen LogP contribution < -0.4 is 5.73 Å². The molecule has 0 spiro atoms. The second-order valence-electron chi connectivity index (χ2n) is 4.94. The van der Waals surface area contributed by atoms with Crippen molar-refractivity contribution in [3.8, 4) is 0 Å². The largest absolute Gasteiger partial charge is 0.366 e. The van der Waals surface area contributed by atoms with Gasteiger partial charge in [0.2, 0.25) is 5.91 Å². The zero-order valence-corrected chi connectivity index (χ0v) is 12.1. The maximum atomic E-state index is 12.5. The molecule has 2 aromatic rings. The summed E-state index contributed by atoms with van der Waals surface area (Å²) >= 11 is 0. The maximum Gasteiger partial charge on any atom is 0.254 e. The van der Waals surface area contributed by atoms with E-state index in [4.69, 9.17) is 5.73 Å². The molecule has 0 bridgehead atoms. The predicted octanol–water partition coefficient (Wildman–Crippen LogP) is 2.62. The van der Waals surface area contributed by atoms with Crippen LogP contribution >= 0.6 is 0 Å². The lowest BCUT2D eigenvalue weighted by molar-refractivity contribution is 0.0742. The first kappa shape index (κ1) is 14.8. The molecule has 21 heavy (non-hydrogen) atoms. The fourth-order valence-electron chi connectivity index (χ4n) is 2.11. The molecule has 108 valence electrons. The lowest BCUT2D eigenvalue weighted by Gasteiger charge is -2.25. The molecular formula is C17H18N2O2. The lowest BCUT2D eigenvalue weighted by atomic mass is 10.1. The number of rotatable bonds is 4. The first-order valence-electron chi connectivity index (χ1n) is 6.72. The van der Waals surface area contributed by atoms with Gasteiger partial charge in [-0.1, -0.05) is 30.3 Å². The molecule has 1 atom stereocenters. The topological polar surface area (TPSA) is 63.4 Å². The van der Waals surface area contributed by atoms with E-state index in [2.05, 4.69) is 0 Å². The molecule has 2 aromatic carbocycles. The summed E-state index contributed by atoms with van der Waals surface area (Å²) in [5.74, 6) is -0.595. The molecule has 2 N–H and O–H groups in total. The summed E-state index contributed by atoms with van der Waals surface area (Å²) in [6.07, 6.45) is 0. The summed E-state index contributed by atoms with van der Waals surface area (Å²) < 4.78 is 0.